The number of nitrogen functional groups attached to an aromatic ring is 1. The number of carbonyl (C=O) groups excluding carboxylic acids is 1. The Labute approximate surface area is 165 Å². The van der Waals surface area contributed by atoms with E-state index in [4.69, 9.17) is 10.8 Å². The van der Waals surface area contributed by atoms with Crippen LogP contribution in [0.1, 0.15) is 15.9 Å². The third kappa shape index (κ3) is 3.84. The molecule has 4 rings (SSSR count). The van der Waals surface area contributed by atoms with Crippen molar-refractivity contribution in [2.45, 2.75) is 0 Å². The van der Waals surface area contributed by atoms with Gasteiger partial charge in [0.05, 0.1) is 16.8 Å². The molecule has 6 nitrogen and oxygen atoms in total. The van der Waals surface area contributed by atoms with E-state index in [1.807, 2.05) is 54.0 Å². The van der Waals surface area contributed by atoms with E-state index in [1.165, 1.54) is 0 Å². The van der Waals surface area contributed by atoms with Crippen LogP contribution < -0.4 is 11.2 Å². The summed E-state index contributed by atoms with van der Waals surface area (Å²) in [5.74, 6) is -0.302. The van der Waals surface area contributed by atoms with Crippen LogP contribution in [0.3, 0.4) is 0 Å². The van der Waals surface area contributed by atoms with Gasteiger partial charge in [-0.2, -0.15) is 10.2 Å². The summed E-state index contributed by atoms with van der Waals surface area (Å²) in [7, 11) is 0. The van der Waals surface area contributed by atoms with Gasteiger partial charge in [0.25, 0.3) is 5.91 Å². The minimum absolute atomic E-state index is 0.302. The lowest BCUT2D eigenvalue weighted by Gasteiger charge is -2.00. The Bertz CT molecular complexity index is 1100. The maximum absolute atomic E-state index is 12.2. The predicted molar refractivity (Wildman–Crippen MR) is 113 cm³/mol. The quantitative estimate of drug-likeness (QED) is 0.309. The van der Waals surface area contributed by atoms with Crippen LogP contribution in [0.5, 0.6) is 0 Å². The van der Waals surface area contributed by atoms with Crippen LogP contribution in [-0.2, 0) is 0 Å². The monoisotopic (exact) mass is 387 g/mol. The van der Waals surface area contributed by atoms with Gasteiger partial charge in [-0.3, -0.25) is 4.79 Å². The predicted octanol–water partition coefficient (Wildman–Crippen LogP) is 3.95. The highest BCUT2D eigenvalue weighted by molar-refractivity contribution is 7.13. The highest BCUT2D eigenvalue weighted by Gasteiger charge is 2.12. The smallest absolute Gasteiger partial charge is 0.271 e. The maximum atomic E-state index is 12.2. The van der Waals surface area contributed by atoms with E-state index in [1.54, 1.807) is 46.5 Å². The van der Waals surface area contributed by atoms with Gasteiger partial charge >= 0.3 is 0 Å². The summed E-state index contributed by atoms with van der Waals surface area (Å²) in [6.07, 6.45) is 3.50. The van der Waals surface area contributed by atoms with Crippen molar-refractivity contribution in [2.75, 3.05) is 5.73 Å². The summed E-state index contributed by atoms with van der Waals surface area (Å²) >= 11 is 1.60. The first-order valence-corrected chi connectivity index (χ1v) is 9.46. The zero-order valence-corrected chi connectivity index (χ0v) is 15.6. The van der Waals surface area contributed by atoms with E-state index in [-0.39, 0.29) is 5.91 Å². The highest BCUT2D eigenvalue weighted by atomic mass is 32.1. The topological polar surface area (TPSA) is 85.3 Å². The average Bonchev–Trinajstić information content (AvgIpc) is 3.39. The molecule has 4 aromatic rings. The molecule has 0 aliphatic carbocycles. The Hall–Kier alpha value is -3.71. The molecule has 138 valence electrons. The summed E-state index contributed by atoms with van der Waals surface area (Å²) in [4.78, 5) is 13.2. The SMILES string of the molecule is Nc1ccc(C(=O)N/N=C\c2cn(-c3ccccc3)nc2-c2cccs2)cc1. The van der Waals surface area contributed by atoms with Crippen LogP contribution in [0, 0.1) is 0 Å². The molecule has 0 unspecified atom stereocenters. The number of hydrogen-bond donors (Lipinski definition) is 2. The first-order chi connectivity index (χ1) is 13.7. The minimum Gasteiger partial charge on any atom is -0.399 e. The number of aromatic nitrogens is 2. The van der Waals surface area contributed by atoms with Gasteiger partial charge in [-0.05, 0) is 47.8 Å². The summed E-state index contributed by atoms with van der Waals surface area (Å²) in [5.41, 5.74) is 11.9. The molecular weight excluding hydrogens is 370 g/mol. The molecule has 2 aromatic carbocycles. The van der Waals surface area contributed by atoms with Gasteiger partial charge in [-0.15, -0.1) is 11.3 Å². The second-order valence-corrected chi connectivity index (χ2v) is 6.96. The number of para-hydroxylation sites is 1. The van der Waals surface area contributed by atoms with E-state index >= 15 is 0 Å². The lowest BCUT2D eigenvalue weighted by atomic mass is 10.2. The molecule has 0 aliphatic heterocycles. The lowest BCUT2D eigenvalue weighted by Crippen LogP contribution is -2.17. The van der Waals surface area contributed by atoms with Crippen molar-refractivity contribution >= 4 is 29.1 Å². The number of thiophene rings is 1. The third-order valence-electron chi connectivity index (χ3n) is 4.06. The van der Waals surface area contributed by atoms with Crippen LogP contribution in [-0.4, -0.2) is 21.9 Å². The van der Waals surface area contributed by atoms with Gasteiger partial charge in [0.1, 0.15) is 5.69 Å². The fraction of sp³-hybridized carbons (Fsp3) is 0. The van der Waals surface area contributed by atoms with Gasteiger partial charge in [-0.1, -0.05) is 24.3 Å². The van der Waals surface area contributed by atoms with Gasteiger partial charge in [-0.25, -0.2) is 10.1 Å². The number of nitrogens with one attached hydrogen (secondary N) is 1. The average molecular weight is 387 g/mol. The zero-order valence-electron chi connectivity index (χ0n) is 14.8. The van der Waals surface area contributed by atoms with Crippen LogP contribution in [0.4, 0.5) is 5.69 Å². The van der Waals surface area contributed by atoms with E-state index in [2.05, 4.69) is 10.5 Å². The molecule has 7 heteroatoms. The van der Waals surface area contributed by atoms with Crippen molar-refractivity contribution in [3.8, 4) is 16.3 Å². The van der Waals surface area contributed by atoms with Crippen molar-refractivity contribution in [1.82, 2.24) is 15.2 Å². The molecule has 0 saturated heterocycles. The third-order valence-corrected chi connectivity index (χ3v) is 4.94. The van der Waals surface area contributed by atoms with E-state index < -0.39 is 0 Å². The number of hydrazone groups is 1. The number of anilines is 1. The molecule has 0 aliphatic rings. The normalized spacial score (nSPS) is 11.0. The van der Waals surface area contributed by atoms with Gasteiger partial charge in [0.2, 0.25) is 0 Å². The van der Waals surface area contributed by atoms with Crippen molar-refractivity contribution in [2.24, 2.45) is 5.10 Å². The minimum atomic E-state index is -0.302. The molecule has 0 radical (unpaired) electrons. The molecule has 2 aromatic heterocycles. The first kappa shape index (κ1) is 17.7. The molecule has 0 atom stereocenters. The number of carbonyl (C=O) groups is 1. The molecule has 0 fully saturated rings. The summed E-state index contributed by atoms with van der Waals surface area (Å²) in [5, 5.41) is 10.8. The first-order valence-electron chi connectivity index (χ1n) is 8.58. The second kappa shape index (κ2) is 7.89. The highest BCUT2D eigenvalue weighted by Crippen LogP contribution is 2.26. The summed E-state index contributed by atoms with van der Waals surface area (Å²) < 4.78 is 1.80. The number of nitrogens with zero attached hydrogens (tertiary/aromatic N) is 3. The molecular formula is C21H17N5OS. The lowest BCUT2D eigenvalue weighted by molar-refractivity contribution is 0.0955. The Morgan fingerprint density at radius 2 is 1.86 bits per heavy atom. The van der Waals surface area contributed by atoms with Crippen LogP contribution in [0.15, 0.2) is 83.4 Å². The van der Waals surface area contributed by atoms with E-state index in [9.17, 15) is 4.79 Å². The number of hydrogen-bond acceptors (Lipinski definition) is 5. The molecule has 2 heterocycles. The summed E-state index contributed by atoms with van der Waals surface area (Å²) in [6, 6.07) is 20.5. The van der Waals surface area contributed by atoms with Crippen LogP contribution in [0.2, 0.25) is 0 Å². The zero-order chi connectivity index (χ0) is 19.3. The summed E-state index contributed by atoms with van der Waals surface area (Å²) in [6.45, 7) is 0. The number of rotatable bonds is 5. The van der Waals surface area contributed by atoms with E-state index in [0.29, 0.717) is 11.3 Å². The van der Waals surface area contributed by atoms with Gasteiger partial charge < -0.3 is 5.73 Å². The standard InChI is InChI=1S/C21H17N5OS/c22-17-10-8-15(9-11-17)21(27)24-23-13-16-14-26(18-5-2-1-3-6-18)25-20(16)19-7-4-12-28-19/h1-14H,22H2,(H,24,27)/b23-13-. The number of benzene rings is 2. The fourth-order valence-corrected chi connectivity index (χ4v) is 3.39. The van der Waals surface area contributed by atoms with Crippen molar-refractivity contribution in [3.63, 3.8) is 0 Å². The molecule has 0 spiro atoms. The Balaban J connectivity index is 1.59. The molecule has 0 saturated carbocycles. The van der Waals surface area contributed by atoms with Crippen LogP contribution in [0.25, 0.3) is 16.3 Å². The maximum Gasteiger partial charge on any atom is 0.271 e. The Morgan fingerprint density at radius 1 is 1.07 bits per heavy atom. The van der Waals surface area contributed by atoms with Crippen molar-refractivity contribution < 1.29 is 4.79 Å². The van der Waals surface area contributed by atoms with Crippen LogP contribution >= 0.6 is 11.3 Å². The second-order valence-electron chi connectivity index (χ2n) is 6.01. The van der Waals surface area contributed by atoms with Gasteiger partial charge in [0, 0.05) is 23.0 Å². The van der Waals surface area contributed by atoms with Crippen molar-refractivity contribution in [3.05, 3.63) is 89.4 Å². The van der Waals surface area contributed by atoms with E-state index in [0.717, 1.165) is 21.8 Å². The Morgan fingerprint density at radius 3 is 2.57 bits per heavy atom. The molecule has 3 N–H and O–H groups in total. The number of amides is 1. The molecule has 1 amide bonds. The largest absolute Gasteiger partial charge is 0.399 e. The Kier molecular flexibility index (Phi) is 4.99. The number of nitrogens with two attached hydrogens (primary N) is 1. The molecule has 0 bridgehead atoms. The van der Waals surface area contributed by atoms with Gasteiger partial charge in [0.15, 0.2) is 0 Å². The van der Waals surface area contributed by atoms with Crippen molar-refractivity contribution in [1.29, 1.82) is 0 Å². The molecule has 28 heavy (non-hydrogen) atoms. The fourth-order valence-electron chi connectivity index (χ4n) is 2.66.